The van der Waals surface area contributed by atoms with Gasteiger partial charge in [-0.15, -0.1) is 0 Å². The zero-order chi connectivity index (χ0) is 26.7. The van der Waals surface area contributed by atoms with Crippen LogP contribution in [0.25, 0.3) is 6.08 Å². The predicted octanol–water partition coefficient (Wildman–Crippen LogP) is 6.13. The maximum absolute atomic E-state index is 14.1. The van der Waals surface area contributed by atoms with Crippen molar-refractivity contribution in [2.45, 2.75) is 0 Å². The van der Waals surface area contributed by atoms with Gasteiger partial charge in [-0.05, 0) is 48.5 Å². The Labute approximate surface area is 218 Å². The second kappa shape index (κ2) is 11.2. The number of ether oxygens (including phenoxy) is 1. The molecule has 194 valence electrons. The summed E-state index contributed by atoms with van der Waals surface area (Å²) in [5.74, 6) is -9.48. The molecule has 0 aliphatic carbocycles. The Hall–Kier alpha value is -3.60. The number of halogens is 6. The van der Waals surface area contributed by atoms with E-state index < -0.39 is 34.8 Å². The van der Waals surface area contributed by atoms with E-state index in [4.69, 9.17) is 4.74 Å². The van der Waals surface area contributed by atoms with E-state index in [0.717, 1.165) is 20.6 Å². The number of nitrogens with zero attached hydrogens (tertiary/aromatic N) is 2. The summed E-state index contributed by atoms with van der Waals surface area (Å²) < 4.78 is 74.9. The molecule has 0 bridgehead atoms. The van der Waals surface area contributed by atoms with Crippen molar-refractivity contribution in [2.75, 3.05) is 48.4 Å². The van der Waals surface area contributed by atoms with Crippen molar-refractivity contribution < 1.29 is 31.5 Å². The normalized spacial score (nSPS) is 13.8. The van der Waals surface area contributed by atoms with Crippen LogP contribution in [0.1, 0.15) is 5.56 Å². The van der Waals surface area contributed by atoms with Crippen LogP contribution in [0.2, 0.25) is 0 Å². The molecule has 1 fully saturated rings. The van der Waals surface area contributed by atoms with E-state index in [9.17, 15) is 26.7 Å². The standard InChI is InChI=1S/C26H21BrF5N3O2/c1-37-19-8-3-16(27)14-15(19)2-9-20(36)33-17-4-6-18(7-5-17)34-10-12-35(13-11-34)26-24(31)22(29)21(28)23(30)25(26)32/h2-9,14H,10-13H2,1H3,(H,33,36). The highest BCUT2D eigenvalue weighted by Gasteiger charge is 2.30. The summed E-state index contributed by atoms with van der Waals surface area (Å²) in [6.45, 7) is 0.701. The summed E-state index contributed by atoms with van der Waals surface area (Å²) in [5.41, 5.74) is 1.15. The molecule has 1 amide bonds. The van der Waals surface area contributed by atoms with Gasteiger partial charge >= 0.3 is 0 Å². The van der Waals surface area contributed by atoms with Crippen LogP contribution in [-0.2, 0) is 4.79 Å². The molecule has 0 aromatic heterocycles. The monoisotopic (exact) mass is 581 g/mol. The second-order valence-corrected chi connectivity index (χ2v) is 9.06. The summed E-state index contributed by atoms with van der Waals surface area (Å²) in [6, 6.07) is 12.4. The molecule has 37 heavy (non-hydrogen) atoms. The lowest BCUT2D eigenvalue weighted by Gasteiger charge is -2.37. The molecule has 11 heteroatoms. The molecule has 0 unspecified atom stereocenters. The Morgan fingerprint density at radius 3 is 2.03 bits per heavy atom. The fourth-order valence-corrected chi connectivity index (χ4v) is 4.38. The van der Waals surface area contributed by atoms with Crippen LogP contribution in [0.4, 0.5) is 39.0 Å². The summed E-state index contributed by atoms with van der Waals surface area (Å²) in [4.78, 5) is 15.4. The number of methoxy groups -OCH3 is 1. The number of hydrogen-bond acceptors (Lipinski definition) is 4. The van der Waals surface area contributed by atoms with Crippen molar-refractivity contribution in [3.8, 4) is 5.75 Å². The van der Waals surface area contributed by atoms with Gasteiger partial charge in [0.25, 0.3) is 0 Å². The molecular weight excluding hydrogens is 561 g/mol. The first-order valence-corrected chi connectivity index (χ1v) is 11.9. The van der Waals surface area contributed by atoms with Gasteiger partial charge in [-0.2, -0.15) is 0 Å². The van der Waals surface area contributed by atoms with Crippen molar-refractivity contribution in [3.63, 3.8) is 0 Å². The quantitative estimate of drug-likeness (QED) is 0.165. The van der Waals surface area contributed by atoms with Gasteiger partial charge in [-0.1, -0.05) is 15.9 Å². The molecule has 1 N–H and O–H groups in total. The van der Waals surface area contributed by atoms with Crippen LogP contribution in [0.3, 0.4) is 0 Å². The van der Waals surface area contributed by atoms with Gasteiger partial charge < -0.3 is 19.9 Å². The summed E-state index contributed by atoms with van der Waals surface area (Å²) >= 11 is 3.38. The maximum atomic E-state index is 14.1. The van der Waals surface area contributed by atoms with Gasteiger partial charge in [0, 0.05) is 53.7 Å². The second-order valence-electron chi connectivity index (χ2n) is 8.15. The molecule has 1 saturated heterocycles. The lowest BCUT2D eigenvalue weighted by molar-refractivity contribution is -0.111. The number of carbonyl (C=O) groups excluding carboxylic acids is 1. The van der Waals surface area contributed by atoms with E-state index in [1.165, 1.54) is 6.08 Å². The first-order chi connectivity index (χ1) is 17.7. The average molecular weight is 582 g/mol. The van der Waals surface area contributed by atoms with Crippen molar-refractivity contribution in [1.29, 1.82) is 0 Å². The van der Waals surface area contributed by atoms with Crippen LogP contribution < -0.4 is 19.9 Å². The number of benzene rings is 3. The minimum Gasteiger partial charge on any atom is -0.496 e. The third-order valence-electron chi connectivity index (χ3n) is 5.89. The summed E-state index contributed by atoms with van der Waals surface area (Å²) in [7, 11) is 1.54. The maximum Gasteiger partial charge on any atom is 0.248 e. The topological polar surface area (TPSA) is 44.8 Å². The van der Waals surface area contributed by atoms with E-state index in [1.54, 1.807) is 43.5 Å². The Bertz CT molecular complexity index is 1310. The van der Waals surface area contributed by atoms with Gasteiger partial charge in [0.05, 0.1) is 7.11 Å². The molecule has 1 aliphatic heterocycles. The molecule has 0 atom stereocenters. The first-order valence-electron chi connectivity index (χ1n) is 11.1. The minimum absolute atomic E-state index is 0.0562. The van der Waals surface area contributed by atoms with E-state index >= 15 is 0 Å². The highest BCUT2D eigenvalue weighted by atomic mass is 79.9. The lowest BCUT2D eigenvalue weighted by atomic mass is 10.1. The molecule has 0 spiro atoms. The number of rotatable bonds is 6. The van der Waals surface area contributed by atoms with Crippen molar-refractivity contribution in [3.05, 3.63) is 87.7 Å². The fourth-order valence-electron chi connectivity index (χ4n) is 4.00. The van der Waals surface area contributed by atoms with E-state index in [1.807, 2.05) is 17.0 Å². The number of nitrogens with one attached hydrogen (secondary N) is 1. The predicted molar refractivity (Wildman–Crippen MR) is 135 cm³/mol. The van der Waals surface area contributed by atoms with Crippen molar-refractivity contribution in [1.82, 2.24) is 0 Å². The number of piperazine rings is 1. The molecule has 3 aromatic carbocycles. The van der Waals surface area contributed by atoms with Crippen LogP contribution >= 0.6 is 15.9 Å². The van der Waals surface area contributed by atoms with E-state index in [-0.39, 0.29) is 19.0 Å². The molecule has 0 radical (unpaired) electrons. The number of carbonyl (C=O) groups is 1. The molecular formula is C26H21BrF5N3O2. The van der Waals surface area contributed by atoms with Crippen molar-refractivity contribution >= 4 is 45.0 Å². The molecule has 4 rings (SSSR count). The van der Waals surface area contributed by atoms with Gasteiger partial charge in [-0.25, -0.2) is 22.0 Å². The largest absolute Gasteiger partial charge is 0.496 e. The van der Waals surface area contributed by atoms with Crippen LogP contribution in [-0.4, -0.2) is 39.2 Å². The highest BCUT2D eigenvalue weighted by molar-refractivity contribution is 9.10. The Balaban J connectivity index is 1.37. The molecule has 1 heterocycles. The minimum atomic E-state index is -2.17. The molecule has 5 nitrogen and oxygen atoms in total. The van der Waals surface area contributed by atoms with Crippen LogP contribution in [0.15, 0.2) is 53.0 Å². The fraction of sp³-hybridized carbons (Fsp3) is 0.192. The number of hydrogen-bond donors (Lipinski definition) is 1. The molecule has 1 aliphatic rings. The molecule has 3 aromatic rings. The number of anilines is 3. The van der Waals surface area contributed by atoms with Crippen molar-refractivity contribution in [2.24, 2.45) is 0 Å². The Morgan fingerprint density at radius 2 is 1.43 bits per heavy atom. The number of amides is 1. The average Bonchev–Trinajstić information content (AvgIpc) is 2.91. The SMILES string of the molecule is COc1ccc(Br)cc1C=CC(=O)Nc1ccc(N2CCN(c3c(F)c(F)c(F)c(F)c3F)CC2)cc1. The van der Waals surface area contributed by atoms with Gasteiger partial charge in [0.2, 0.25) is 11.7 Å². The first kappa shape index (κ1) is 26.5. The van der Waals surface area contributed by atoms with E-state index in [0.29, 0.717) is 24.5 Å². The Kier molecular flexibility index (Phi) is 8.01. The van der Waals surface area contributed by atoms with Crippen LogP contribution in [0.5, 0.6) is 5.75 Å². The third-order valence-corrected chi connectivity index (χ3v) is 6.38. The summed E-state index contributed by atoms with van der Waals surface area (Å²) in [5, 5.41) is 2.76. The van der Waals surface area contributed by atoms with Gasteiger partial charge in [0.15, 0.2) is 23.3 Å². The van der Waals surface area contributed by atoms with Gasteiger partial charge in [0.1, 0.15) is 11.4 Å². The van der Waals surface area contributed by atoms with Crippen LogP contribution in [0, 0.1) is 29.1 Å². The third kappa shape index (κ3) is 5.71. The summed E-state index contributed by atoms with van der Waals surface area (Å²) in [6.07, 6.45) is 3.02. The van der Waals surface area contributed by atoms with E-state index in [2.05, 4.69) is 21.2 Å². The molecule has 0 saturated carbocycles. The zero-order valence-corrected chi connectivity index (χ0v) is 21.1. The lowest BCUT2D eigenvalue weighted by Crippen LogP contribution is -2.47. The zero-order valence-electron chi connectivity index (χ0n) is 19.5. The highest BCUT2D eigenvalue weighted by Crippen LogP contribution is 2.31. The Morgan fingerprint density at radius 1 is 0.865 bits per heavy atom. The van der Waals surface area contributed by atoms with Gasteiger partial charge in [-0.3, -0.25) is 4.79 Å². The smallest absolute Gasteiger partial charge is 0.248 e.